The smallest absolute Gasteiger partial charge is 0.416 e. The minimum Gasteiger partial charge on any atom is -0.616 e. The van der Waals surface area contributed by atoms with E-state index >= 15 is 0 Å². The van der Waals surface area contributed by atoms with Crippen molar-refractivity contribution in [3.05, 3.63) is 11.8 Å². The lowest BCUT2D eigenvalue weighted by molar-refractivity contribution is 0.166. The first kappa shape index (κ1) is 16.3. The molecule has 1 atom stereocenters. The van der Waals surface area contributed by atoms with Crippen molar-refractivity contribution < 1.29 is 18.9 Å². The predicted molar refractivity (Wildman–Crippen MR) is 74.2 cm³/mol. The lowest BCUT2D eigenvalue weighted by Crippen LogP contribution is -2.31. The lowest BCUT2D eigenvalue weighted by atomic mass is 10.5. The van der Waals surface area contributed by atoms with Crippen LogP contribution in [-0.4, -0.2) is 70.7 Å². The minimum atomic E-state index is -1.11. The first-order valence-electron chi connectivity index (χ1n) is 5.72. The van der Waals surface area contributed by atoms with Gasteiger partial charge in [0.25, 0.3) is 0 Å². The Kier molecular flexibility index (Phi) is 5.40. The summed E-state index contributed by atoms with van der Waals surface area (Å²) in [7, 11) is 6.16. The number of carbonyl (C=O) groups excluding carboxylic acids is 2. The molecule has 9 heteroatoms. The second-order valence-corrected chi connectivity index (χ2v) is 5.98. The highest BCUT2D eigenvalue weighted by molar-refractivity contribution is 7.89. The molecule has 1 unspecified atom stereocenters. The van der Waals surface area contributed by atoms with E-state index in [0.29, 0.717) is 5.69 Å². The average Bonchev–Trinajstić information content (AvgIpc) is 2.69. The van der Waals surface area contributed by atoms with Crippen molar-refractivity contribution in [1.29, 1.82) is 0 Å². The largest absolute Gasteiger partial charge is 0.616 e. The molecule has 1 aromatic rings. The fraction of sp³-hybridized carbons (Fsp3) is 0.545. The molecule has 0 saturated carbocycles. The highest BCUT2D eigenvalue weighted by atomic mass is 32.2. The summed E-state index contributed by atoms with van der Waals surface area (Å²) >= 11 is -1.11. The van der Waals surface area contributed by atoms with Crippen molar-refractivity contribution in [2.75, 3.05) is 34.4 Å². The van der Waals surface area contributed by atoms with Gasteiger partial charge in [0.05, 0.1) is 6.26 Å². The molecule has 1 aromatic heterocycles. The van der Waals surface area contributed by atoms with Crippen LogP contribution in [0.5, 0.6) is 5.88 Å². The molecule has 0 bridgehead atoms. The Hall–Kier alpha value is -1.74. The minimum absolute atomic E-state index is 0.00264. The molecule has 0 aromatic carbocycles. The standard InChI is InChI=1S/C11H18N4O4S/c1-13(2)10(16)15-9(19-11(17)14(3)4)6-8(12-15)7-20(5)18/h6H,7H2,1-5H3. The number of aromatic nitrogens is 2. The molecular formula is C11H18N4O4S. The van der Waals surface area contributed by atoms with Crippen LogP contribution in [0.3, 0.4) is 0 Å². The van der Waals surface area contributed by atoms with Crippen LogP contribution in [-0.2, 0) is 16.9 Å². The summed E-state index contributed by atoms with van der Waals surface area (Å²) in [6, 6.07) is 0.976. The zero-order chi connectivity index (χ0) is 15.4. The third kappa shape index (κ3) is 4.14. The topological polar surface area (TPSA) is 90.7 Å². The van der Waals surface area contributed by atoms with Crippen LogP contribution in [0.15, 0.2) is 6.07 Å². The molecule has 1 heterocycles. The summed E-state index contributed by atoms with van der Waals surface area (Å²) in [4.78, 5) is 26.1. The lowest BCUT2D eigenvalue weighted by Gasteiger charge is -2.13. The number of rotatable bonds is 3. The van der Waals surface area contributed by atoms with Crippen LogP contribution in [0.2, 0.25) is 0 Å². The average molecular weight is 302 g/mol. The van der Waals surface area contributed by atoms with E-state index in [0.717, 1.165) is 4.68 Å². The van der Waals surface area contributed by atoms with Crippen LogP contribution >= 0.6 is 0 Å². The Balaban J connectivity index is 3.08. The highest BCUT2D eigenvalue weighted by Crippen LogP contribution is 2.17. The van der Waals surface area contributed by atoms with Crippen LogP contribution in [0, 0.1) is 0 Å². The maximum absolute atomic E-state index is 12.0. The molecule has 0 aliphatic heterocycles. The molecular weight excluding hydrogens is 284 g/mol. The van der Waals surface area contributed by atoms with Crippen molar-refractivity contribution >= 4 is 23.3 Å². The number of hydrogen-bond acceptors (Lipinski definition) is 5. The second kappa shape index (κ2) is 6.62. The van der Waals surface area contributed by atoms with E-state index in [1.54, 1.807) is 14.1 Å². The van der Waals surface area contributed by atoms with E-state index < -0.39 is 23.3 Å². The van der Waals surface area contributed by atoms with Crippen molar-refractivity contribution in [2.24, 2.45) is 0 Å². The van der Waals surface area contributed by atoms with E-state index in [4.69, 9.17) is 4.74 Å². The molecule has 0 aliphatic rings. The van der Waals surface area contributed by atoms with Gasteiger partial charge in [0.15, 0.2) is 0 Å². The molecule has 0 aliphatic carbocycles. The van der Waals surface area contributed by atoms with E-state index in [2.05, 4.69) is 5.10 Å². The van der Waals surface area contributed by atoms with Gasteiger partial charge in [-0.1, -0.05) is 11.2 Å². The van der Waals surface area contributed by atoms with Gasteiger partial charge in [0.1, 0.15) is 11.4 Å². The Morgan fingerprint density at radius 1 is 1.35 bits per heavy atom. The number of hydrogen-bond donors (Lipinski definition) is 0. The van der Waals surface area contributed by atoms with Gasteiger partial charge in [0, 0.05) is 34.3 Å². The Labute approximate surface area is 120 Å². The quantitative estimate of drug-likeness (QED) is 0.751. The van der Waals surface area contributed by atoms with E-state index in [9.17, 15) is 14.1 Å². The van der Waals surface area contributed by atoms with Crippen LogP contribution in [0.25, 0.3) is 0 Å². The molecule has 20 heavy (non-hydrogen) atoms. The highest BCUT2D eigenvalue weighted by Gasteiger charge is 2.21. The zero-order valence-corrected chi connectivity index (χ0v) is 12.9. The number of carbonyl (C=O) groups is 2. The van der Waals surface area contributed by atoms with E-state index in [-0.39, 0.29) is 11.6 Å². The Morgan fingerprint density at radius 2 is 1.95 bits per heavy atom. The summed E-state index contributed by atoms with van der Waals surface area (Å²) in [6.45, 7) is 0. The second-order valence-electron chi connectivity index (χ2n) is 4.54. The number of ether oxygens (including phenoxy) is 1. The number of amides is 2. The Bertz CT molecular complexity index is 499. The zero-order valence-electron chi connectivity index (χ0n) is 12.1. The fourth-order valence-corrected chi connectivity index (χ4v) is 1.83. The summed E-state index contributed by atoms with van der Waals surface area (Å²) < 4.78 is 17.3. The van der Waals surface area contributed by atoms with Gasteiger partial charge in [-0.15, -0.1) is 4.68 Å². The van der Waals surface area contributed by atoms with Crippen LogP contribution in [0.4, 0.5) is 9.59 Å². The Morgan fingerprint density at radius 3 is 2.40 bits per heavy atom. The third-order valence-electron chi connectivity index (χ3n) is 2.20. The van der Waals surface area contributed by atoms with Crippen LogP contribution < -0.4 is 4.74 Å². The monoisotopic (exact) mass is 302 g/mol. The molecule has 0 radical (unpaired) electrons. The molecule has 112 valence electrons. The summed E-state index contributed by atoms with van der Waals surface area (Å²) in [5, 5.41) is 4.02. The van der Waals surface area contributed by atoms with E-state index in [1.807, 2.05) is 0 Å². The fourth-order valence-electron chi connectivity index (χ4n) is 1.27. The molecule has 0 N–H and O–H groups in total. The predicted octanol–water partition coefficient (Wildman–Crippen LogP) is 0.352. The maximum atomic E-state index is 12.0. The number of nitrogens with zero attached hydrogens (tertiary/aromatic N) is 4. The maximum Gasteiger partial charge on any atom is 0.416 e. The molecule has 0 spiro atoms. The summed E-state index contributed by atoms with van der Waals surface area (Å²) in [6.07, 6.45) is 0.903. The van der Waals surface area contributed by atoms with Gasteiger partial charge in [-0.25, -0.2) is 9.59 Å². The molecule has 2 amide bonds. The molecule has 8 nitrogen and oxygen atoms in total. The summed E-state index contributed by atoms with van der Waals surface area (Å²) in [5.74, 6) is 0.183. The van der Waals surface area contributed by atoms with Gasteiger partial charge in [-0.3, -0.25) is 0 Å². The van der Waals surface area contributed by atoms with E-state index in [1.165, 1.54) is 36.2 Å². The molecule has 0 fully saturated rings. The van der Waals surface area contributed by atoms with Crippen molar-refractivity contribution in [3.63, 3.8) is 0 Å². The normalized spacial score (nSPS) is 11.9. The van der Waals surface area contributed by atoms with Gasteiger partial charge in [-0.05, 0) is 0 Å². The van der Waals surface area contributed by atoms with Gasteiger partial charge in [-0.2, -0.15) is 5.10 Å². The third-order valence-corrected chi connectivity index (χ3v) is 2.90. The molecule has 0 saturated heterocycles. The van der Waals surface area contributed by atoms with Gasteiger partial charge >= 0.3 is 12.1 Å². The van der Waals surface area contributed by atoms with Gasteiger partial charge in [0.2, 0.25) is 5.88 Å². The molecule has 1 rings (SSSR count). The van der Waals surface area contributed by atoms with Crippen LogP contribution in [0.1, 0.15) is 5.69 Å². The summed E-state index contributed by atoms with van der Waals surface area (Å²) in [5.41, 5.74) is 0.419. The van der Waals surface area contributed by atoms with Crippen molar-refractivity contribution in [2.45, 2.75) is 5.75 Å². The first-order chi connectivity index (χ1) is 9.22. The van der Waals surface area contributed by atoms with Gasteiger partial charge < -0.3 is 19.1 Å². The SMILES string of the molecule is CN(C)C(=O)Oc1cc(C[S+](C)[O-])nn1C(=O)N(C)C. The van der Waals surface area contributed by atoms with Crippen molar-refractivity contribution in [1.82, 2.24) is 19.6 Å². The van der Waals surface area contributed by atoms with Crippen molar-refractivity contribution in [3.8, 4) is 5.88 Å². The first-order valence-corrected chi connectivity index (χ1v) is 7.45.